The molecule has 0 aromatic heterocycles. The molecule has 10 nitrogen and oxygen atoms in total. The first-order valence-electron chi connectivity index (χ1n) is 11.8. The number of hydrogen-bond acceptors (Lipinski definition) is 6. The van der Waals surface area contributed by atoms with Crippen LogP contribution in [0.4, 0.5) is 0 Å². The Labute approximate surface area is 210 Å². The van der Waals surface area contributed by atoms with E-state index in [9.17, 15) is 29.4 Å². The van der Waals surface area contributed by atoms with Crippen molar-refractivity contribution in [3.05, 3.63) is 65.7 Å². The number of hydrogen-bond donors (Lipinski definition) is 6. The molecule has 0 heterocycles. The number of aliphatic carboxylic acids is 1. The van der Waals surface area contributed by atoms with Crippen molar-refractivity contribution in [2.75, 3.05) is 6.54 Å². The third-order valence-electron chi connectivity index (χ3n) is 5.90. The van der Waals surface area contributed by atoms with Gasteiger partial charge < -0.3 is 31.9 Å². The minimum absolute atomic E-state index is 0.0581. The van der Waals surface area contributed by atoms with Crippen LogP contribution < -0.4 is 21.7 Å². The van der Waals surface area contributed by atoms with Crippen LogP contribution in [0.25, 0.3) is 0 Å². The second kappa shape index (κ2) is 13.8. The van der Waals surface area contributed by atoms with E-state index >= 15 is 0 Å². The average Bonchev–Trinajstić information content (AvgIpc) is 2.87. The number of rotatable bonds is 13. The number of aromatic hydroxyl groups is 1. The standard InChI is InChI=1S/C26H34N4O6/c1-3-16(2)23(25(34)29-21(26(35)36)14-17-7-5-4-6-8-17)30-24(33)20(28-22(32)15-27)13-18-9-11-19(31)12-10-18/h4-12,16,20-21,23,31H,3,13-15,27H2,1-2H3,(H,28,32)(H,29,34)(H,30,33)(H,35,36). The molecule has 4 unspecified atom stereocenters. The lowest BCUT2D eigenvalue weighted by Gasteiger charge is -2.28. The summed E-state index contributed by atoms with van der Waals surface area (Å²) >= 11 is 0. The molecular formula is C26H34N4O6. The molecule has 0 bridgehead atoms. The van der Waals surface area contributed by atoms with Crippen LogP contribution in [0.1, 0.15) is 31.4 Å². The van der Waals surface area contributed by atoms with Crippen LogP contribution >= 0.6 is 0 Å². The molecule has 0 saturated heterocycles. The monoisotopic (exact) mass is 498 g/mol. The first-order valence-corrected chi connectivity index (χ1v) is 11.8. The summed E-state index contributed by atoms with van der Waals surface area (Å²) in [6.45, 7) is 3.29. The van der Waals surface area contributed by atoms with Gasteiger partial charge in [0, 0.05) is 12.8 Å². The van der Waals surface area contributed by atoms with Crippen molar-refractivity contribution in [1.82, 2.24) is 16.0 Å². The first kappa shape index (κ1) is 28.3. The molecule has 0 fully saturated rings. The Kier molecular flexibility index (Phi) is 10.9. The minimum Gasteiger partial charge on any atom is -0.508 e. The van der Waals surface area contributed by atoms with Gasteiger partial charge in [0.1, 0.15) is 23.9 Å². The van der Waals surface area contributed by atoms with Gasteiger partial charge in [-0.15, -0.1) is 0 Å². The van der Waals surface area contributed by atoms with Gasteiger partial charge in [-0.05, 0) is 29.2 Å². The van der Waals surface area contributed by atoms with Gasteiger partial charge in [-0.25, -0.2) is 4.79 Å². The zero-order valence-corrected chi connectivity index (χ0v) is 20.4. The van der Waals surface area contributed by atoms with E-state index in [0.717, 1.165) is 5.56 Å². The number of phenolic OH excluding ortho intramolecular Hbond substituents is 1. The highest BCUT2D eigenvalue weighted by Crippen LogP contribution is 2.13. The van der Waals surface area contributed by atoms with Crippen molar-refractivity contribution in [1.29, 1.82) is 0 Å². The average molecular weight is 499 g/mol. The first-order chi connectivity index (χ1) is 17.1. The fourth-order valence-electron chi connectivity index (χ4n) is 3.60. The maximum atomic E-state index is 13.2. The number of carbonyl (C=O) groups is 4. The second-order valence-corrected chi connectivity index (χ2v) is 8.66. The van der Waals surface area contributed by atoms with Crippen LogP contribution in [0.15, 0.2) is 54.6 Å². The summed E-state index contributed by atoms with van der Waals surface area (Å²) in [5, 5.41) is 27.0. The molecule has 0 saturated carbocycles. The Balaban J connectivity index is 2.19. The molecule has 0 spiro atoms. The Morgan fingerprint density at radius 2 is 1.42 bits per heavy atom. The lowest BCUT2D eigenvalue weighted by atomic mass is 9.96. The van der Waals surface area contributed by atoms with Crippen LogP contribution in [0.2, 0.25) is 0 Å². The van der Waals surface area contributed by atoms with E-state index in [1.807, 2.05) is 13.0 Å². The summed E-state index contributed by atoms with van der Waals surface area (Å²) in [5.74, 6) is -3.24. The quantitative estimate of drug-likeness (QED) is 0.236. The SMILES string of the molecule is CCC(C)C(NC(=O)C(Cc1ccc(O)cc1)NC(=O)CN)C(=O)NC(Cc1ccccc1)C(=O)O. The van der Waals surface area contributed by atoms with Gasteiger partial charge >= 0.3 is 5.97 Å². The van der Waals surface area contributed by atoms with Crippen molar-refractivity contribution < 1.29 is 29.4 Å². The highest BCUT2D eigenvalue weighted by molar-refractivity contribution is 5.94. The van der Waals surface area contributed by atoms with Crippen molar-refractivity contribution in [3.8, 4) is 5.75 Å². The molecule has 2 aromatic carbocycles. The third kappa shape index (κ3) is 8.70. The Morgan fingerprint density at radius 1 is 0.833 bits per heavy atom. The molecule has 0 aliphatic carbocycles. The number of nitrogens with one attached hydrogen (secondary N) is 3. The molecule has 194 valence electrons. The predicted molar refractivity (Wildman–Crippen MR) is 134 cm³/mol. The van der Waals surface area contributed by atoms with Crippen LogP contribution in [0.5, 0.6) is 5.75 Å². The lowest BCUT2D eigenvalue weighted by Crippen LogP contribution is -2.58. The van der Waals surface area contributed by atoms with E-state index in [1.54, 1.807) is 43.3 Å². The predicted octanol–water partition coefficient (Wildman–Crippen LogP) is 0.721. The lowest BCUT2D eigenvalue weighted by molar-refractivity contribution is -0.142. The highest BCUT2D eigenvalue weighted by atomic mass is 16.4. The Hall–Kier alpha value is -3.92. The minimum atomic E-state index is -1.19. The maximum Gasteiger partial charge on any atom is 0.326 e. The fourth-order valence-corrected chi connectivity index (χ4v) is 3.60. The highest BCUT2D eigenvalue weighted by Gasteiger charge is 2.32. The van der Waals surface area contributed by atoms with E-state index in [0.29, 0.717) is 12.0 Å². The van der Waals surface area contributed by atoms with Crippen LogP contribution in [0.3, 0.4) is 0 Å². The van der Waals surface area contributed by atoms with E-state index in [1.165, 1.54) is 12.1 Å². The maximum absolute atomic E-state index is 13.2. The molecule has 0 aliphatic rings. The van der Waals surface area contributed by atoms with Crippen LogP contribution in [-0.4, -0.2) is 58.6 Å². The summed E-state index contributed by atoms with van der Waals surface area (Å²) in [5.41, 5.74) is 6.82. The molecule has 2 rings (SSSR count). The number of amides is 3. The van der Waals surface area contributed by atoms with E-state index < -0.39 is 41.8 Å². The van der Waals surface area contributed by atoms with Gasteiger partial charge in [-0.1, -0.05) is 62.7 Å². The molecule has 3 amide bonds. The Morgan fingerprint density at radius 3 is 1.97 bits per heavy atom. The Bertz CT molecular complexity index is 1030. The number of carboxylic acids is 1. The number of carbonyl (C=O) groups excluding carboxylic acids is 3. The summed E-state index contributed by atoms with van der Waals surface area (Å²) in [7, 11) is 0. The summed E-state index contributed by atoms with van der Waals surface area (Å²) in [6, 6.07) is 11.8. The topological polar surface area (TPSA) is 171 Å². The number of nitrogens with two attached hydrogens (primary N) is 1. The van der Waals surface area contributed by atoms with E-state index in [4.69, 9.17) is 5.73 Å². The molecule has 4 atom stereocenters. The van der Waals surface area contributed by atoms with E-state index in [2.05, 4.69) is 16.0 Å². The largest absolute Gasteiger partial charge is 0.508 e. The van der Waals surface area contributed by atoms with Crippen molar-refractivity contribution in [3.63, 3.8) is 0 Å². The van der Waals surface area contributed by atoms with Gasteiger partial charge in [-0.3, -0.25) is 14.4 Å². The zero-order chi connectivity index (χ0) is 26.7. The third-order valence-corrected chi connectivity index (χ3v) is 5.90. The van der Waals surface area contributed by atoms with Gasteiger partial charge in [0.2, 0.25) is 17.7 Å². The summed E-state index contributed by atoms with van der Waals surface area (Å²) in [6.07, 6.45) is 0.712. The fraction of sp³-hybridized carbons (Fsp3) is 0.385. The summed E-state index contributed by atoms with van der Waals surface area (Å²) in [4.78, 5) is 50.2. The molecule has 7 N–H and O–H groups in total. The van der Waals surface area contributed by atoms with Crippen molar-refractivity contribution >= 4 is 23.7 Å². The van der Waals surface area contributed by atoms with Crippen molar-refractivity contribution in [2.24, 2.45) is 11.7 Å². The van der Waals surface area contributed by atoms with Gasteiger partial charge in [0.05, 0.1) is 6.54 Å². The van der Waals surface area contributed by atoms with Gasteiger partial charge in [-0.2, -0.15) is 0 Å². The molecule has 0 aliphatic heterocycles. The number of benzene rings is 2. The summed E-state index contributed by atoms with van der Waals surface area (Å²) < 4.78 is 0. The molecule has 2 aromatic rings. The van der Waals surface area contributed by atoms with E-state index in [-0.39, 0.29) is 31.1 Å². The van der Waals surface area contributed by atoms with Crippen molar-refractivity contribution in [2.45, 2.75) is 51.2 Å². The molecule has 36 heavy (non-hydrogen) atoms. The van der Waals surface area contributed by atoms with Crippen LogP contribution in [-0.2, 0) is 32.0 Å². The number of phenols is 1. The zero-order valence-electron chi connectivity index (χ0n) is 20.4. The van der Waals surface area contributed by atoms with Crippen LogP contribution in [0, 0.1) is 5.92 Å². The number of carboxylic acid groups (broad SMARTS) is 1. The molecular weight excluding hydrogens is 464 g/mol. The second-order valence-electron chi connectivity index (χ2n) is 8.66. The molecule has 0 radical (unpaired) electrons. The smallest absolute Gasteiger partial charge is 0.326 e. The van der Waals surface area contributed by atoms with Gasteiger partial charge in [0.15, 0.2) is 0 Å². The molecule has 10 heteroatoms. The normalized spacial score (nSPS) is 14.1. The van der Waals surface area contributed by atoms with Gasteiger partial charge in [0.25, 0.3) is 0 Å².